The third kappa shape index (κ3) is 4.94. The van der Waals surface area contributed by atoms with Crippen LogP contribution < -0.4 is 17.0 Å². The molecule has 0 unspecified atom stereocenters. The topological polar surface area (TPSA) is 25.2 Å². The summed E-state index contributed by atoms with van der Waals surface area (Å²) in [6.45, 7) is 0. The van der Waals surface area contributed by atoms with E-state index in [0.29, 0.717) is 0 Å². The first-order valence-electron chi connectivity index (χ1n) is 4.98. The van der Waals surface area contributed by atoms with Crippen molar-refractivity contribution in [2.24, 2.45) is 4.99 Å². The van der Waals surface area contributed by atoms with Crippen LogP contribution in [-0.2, 0) is 17.1 Å². The second-order valence-electron chi connectivity index (χ2n) is 3.18. The van der Waals surface area contributed by atoms with Gasteiger partial charge in [-0.1, -0.05) is 18.2 Å². The molecule has 0 saturated carbocycles. The largest absolute Gasteiger partial charge is 1.00 e. The number of pyridine rings is 1. The van der Waals surface area contributed by atoms with Crippen molar-refractivity contribution in [2.45, 2.75) is 4.90 Å². The molecular weight excluding hydrogens is 360 g/mol. The minimum Gasteiger partial charge on any atom is -1.00 e. The molecule has 5 heteroatoms. The fourth-order valence-corrected chi connectivity index (χ4v) is 1.87. The molecular formula is C13H12BrCuN2S. The average molecular weight is 372 g/mol. The van der Waals surface area contributed by atoms with Crippen molar-refractivity contribution >= 4 is 23.7 Å². The van der Waals surface area contributed by atoms with Crippen molar-refractivity contribution in [1.29, 1.82) is 0 Å². The number of thioether (sulfide) groups is 1. The fraction of sp³-hybridized carbons (Fsp3) is 0.0769. The molecule has 1 aromatic carbocycles. The Labute approximate surface area is 133 Å². The molecule has 2 nitrogen and oxygen atoms in total. The third-order valence-corrected chi connectivity index (χ3v) is 2.89. The van der Waals surface area contributed by atoms with Crippen molar-refractivity contribution in [1.82, 2.24) is 4.98 Å². The Morgan fingerprint density at radius 1 is 1.11 bits per heavy atom. The van der Waals surface area contributed by atoms with E-state index in [4.69, 9.17) is 0 Å². The Morgan fingerprint density at radius 2 is 1.83 bits per heavy atom. The van der Waals surface area contributed by atoms with Crippen LogP contribution in [0.1, 0.15) is 5.69 Å². The molecule has 0 radical (unpaired) electrons. The van der Waals surface area contributed by atoms with E-state index in [1.54, 1.807) is 24.2 Å². The van der Waals surface area contributed by atoms with Gasteiger partial charge in [-0.05, 0) is 30.5 Å². The van der Waals surface area contributed by atoms with Crippen molar-refractivity contribution in [3.63, 3.8) is 0 Å². The Balaban J connectivity index is 0.00000144. The fourth-order valence-electron chi connectivity index (χ4n) is 1.32. The summed E-state index contributed by atoms with van der Waals surface area (Å²) >= 11 is 1.70. The van der Waals surface area contributed by atoms with E-state index < -0.39 is 0 Å². The van der Waals surface area contributed by atoms with Crippen LogP contribution in [0.2, 0.25) is 0 Å². The summed E-state index contributed by atoms with van der Waals surface area (Å²) in [6, 6.07) is 13.9. The quantitative estimate of drug-likeness (QED) is 0.447. The number of rotatable bonds is 3. The molecule has 18 heavy (non-hydrogen) atoms. The van der Waals surface area contributed by atoms with Crippen LogP contribution in [0.15, 0.2) is 58.5 Å². The van der Waals surface area contributed by atoms with Crippen LogP contribution in [0.25, 0.3) is 0 Å². The number of nitrogens with zero attached hydrogens (tertiary/aromatic N) is 2. The molecule has 1 heterocycles. The van der Waals surface area contributed by atoms with Crippen LogP contribution in [0, 0.1) is 0 Å². The molecule has 1 aromatic heterocycles. The first-order chi connectivity index (χ1) is 7.90. The SMILES string of the molecule is CSc1ccccc1N=Cc1ccccn1.[Br-].[Cu+]. The van der Waals surface area contributed by atoms with Gasteiger partial charge in [0.25, 0.3) is 0 Å². The number of aliphatic imine (C=N–C) groups is 1. The number of halogens is 1. The van der Waals surface area contributed by atoms with E-state index in [2.05, 4.69) is 22.3 Å². The molecule has 0 bridgehead atoms. The molecule has 0 N–H and O–H groups in total. The van der Waals surface area contributed by atoms with Gasteiger partial charge in [-0.3, -0.25) is 9.98 Å². The molecule has 0 fully saturated rings. The Kier molecular flexibility index (Phi) is 9.02. The minimum absolute atomic E-state index is 0. The van der Waals surface area contributed by atoms with Crippen molar-refractivity contribution in [2.75, 3.05) is 6.26 Å². The smallest absolute Gasteiger partial charge is 1.00 e. The standard InChI is InChI=1S/C13H12N2S.BrH.Cu/c1-16-13-8-3-2-7-12(13)15-10-11-6-4-5-9-14-11;;/h2-10H,1H3;1H;/q;;+1/p-1. The molecule has 0 aliphatic rings. The molecule has 98 valence electrons. The van der Waals surface area contributed by atoms with Gasteiger partial charge in [0.05, 0.1) is 17.6 Å². The van der Waals surface area contributed by atoms with Crippen molar-refractivity contribution in [3.8, 4) is 0 Å². The van der Waals surface area contributed by atoms with Gasteiger partial charge in [-0.25, -0.2) is 0 Å². The third-order valence-electron chi connectivity index (χ3n) is 2.11. The van der Waals surface area contributed by atoms with E-state index in [9.17, 15) is 0 Å². The van der Waals surface area contributed by atoms with Crippen molar-refractivity contribution in [3.05, 3.63) is 54.4 Å². The summed E-state index contributed by atoms with van der Waals surface area (Å²) in [4.78, 5) is 9.81. The normalized spacial score (nSPS) is 9.61. The van der Waals surface area contributed by atoms with Gasteiger partial charge in [0.15, 0.2) is 0 Å². The number of hydrogen-bond acceptors (Lipinski definition) is 3. The van der Waals surface area contributed by atoms with Gasteiger partial charge >= 0.3 is 17.1 Å². The molecule has 2 aromatic rings. The number of hydrogen-bond donors (Lipinski definition) is 0. The number of benzene rings is 1. The summed E-state index contributed by atoms with van der Waals surface area (Å²) in [5.74, 6) is 0. The van der Waals surface area contributed by atoms with E-state index in [1.165, 1.54) is 4.90 Å². The average Bonchev–Trinajstić information content (AvgIpc) is 2.38. The second-order valence-corrected chi connectivity index (χ2v) is 4.03. The van der Waals surface area contributed by atoms with E-state index >= 15 is 0 Å². The summed E-state index contributed by atoms with van der Waals surface area (Å²) in [6.07, 6.45) is 5.60. The number of para-hydroxylation sites is 1. The zero-order chi connectivity index (χ0) is 11.2. The van der Waals surface area contributed by atoms with Gasteiger partial charge in [0.2, 0.25) is 0 Å². The summed E-state index contributed by atoms with van der Waals surface area (Å²) in [5, 5.41) is 0. The Morgan fingerprint density at radius 3 is 2.50 bits per heavy atom. The predicted octanol–water partition coefficient (Wildman–Crippen LogP) is 0.556. The second kappa shape index (κ2) is 9.34. The summed E-state index contributed by atoms with van der Waals surface area (Å²) < 4.78 is 0. The summed E-state index contributed by atoms with van der Waals surface area (Å²) in [5.41, 5.74) is 1.86. The van der Waals surface area contributed by atoms with Crippen LogP contribution in [-0.4, -0.2) is 17.5 Å². The molecule has 0 atom stereocenters. The van der Waals surface area contributed by atoms with Gasteiger partial charge in [-0.2, -0.15) is 0 Å². The van der Waals surface area contributed by atoms with Gasteiger partial charge in [-0.15, -0.1) is 11.8 Å². The zero-order valence-electron chi connectivity index (χ0n) is 9.68. The van der Waals surface area contributed by atoms with E-state index in [-0.39, 0.29) is 34.1 Å². The minimum atomic E-state index is 0. The van der Waals surface area contributed by atoms with Gasteiger partial charge in [0, 0.05) is 11.1 Å². The maximum absolute atomic E-state index is 4.44. The van der Waals surface area contributed by atoms with Crippen LogP contribution >= 0.6 is 11.8 Å². The molecule has 0 amide bonds. The maximum atomic E-state index is 4.44. The van der Waals surface area contributed by atoms with Crippen LogP contribution in [0.3, 0.4) is 0 Å². The molecule has 0 spiro atoms. The molecule has 0 aliphatic carbocycles. The van der Waals surface area contributed by atoms with E-state index in [1.807, 2.05) is 36.4 Å². The molecule has 0 saturated heterocycles. The first kappa shape index (κ1) is 17.4. The zero-order valence-corrected chi connectivity index (χ0v) is 13.0. The maximum Gasteiger partial charge on any atom is 1.00 e. The molecule has 2 rings (SSSR count). The monoisotopic (exact) mass is 370 g/mol. The van der Waals surface area contributed by atoms with Gasteiger partial charge < -0.3 is 17.0 Å². The Bertz CT molecular complexity index is 491. The van der Waals surface area contributed by atoms with Crippen LogP contribution in [0.5, 0.6) is 0 Å². The molecule has 0 aliphatic heterocycles. The number of aromatic nitrogens is 1. The van der Waals surface area contributed by atoms with Crippen LogP contribution in [0.4, 0.5) is 5.69 Å². The van der Waals surface area contributed by atoms with E-state index in [0.717, 1.165) is 11.4 Å². The van der Waals surface area contributed by atoms with Gasteiger partial charge in [0.1, 0.15) is 0 Å². The first-order valence-corrected chi connectivity index (χ1v) is 6.21. The Hall–Kier alpha value is -0.611. The van der Waals surface area contributed by atoms with Crippen molar-refractivity contribution < 1.29 is 34.1 Å². The predicted molar refractivity (Wildman–Crippen MR) is 69.7 cm³/mol. The summed E-state index contributed by atoms with van der Waals surface area (Å²) in [7, 11) is 0.